The quantitative estimate of drug-likeness (QED) is 0.759. The van der Waals surface area contributed by atoms with Gasteiger partial charge in [0.15, 0.2) is 0 Å². The molecule has 0 spiro atoms. The monoisotopic (exact) mass is 231 g/mol. The molecule has 1 fully saturated rings. The Morgan fingerprint density at radius 1 is 1.24 bits per heavy atom. The number of likely N-dealkylation sites (tertiary alicyclic amines) is 1. The molecule has 0 saturated carbocycles. The Bertz CT molecular complexity index is 318. The number of benzene rings is 1. The van der Waals surface area contributed by atoms with Gasteiger partial charge < -0.3 is 4.90 Å². The SMILES string of the molecule is CC(C)CCN1CCCC(c2ccccc2)C1. The molecule has 1 aromatic carbocycles. The summed E-state index contributed by atoms with van der Waals surface area (Å²) >= 11 is 0. The predicted molar refractivity (Wildman–Crippen MR) is 74.3 cm³/mol. The number of hydrogen-bond acceptors (Lipinski definition) is 1. The first-order chi connectivity index (χ1) is 8.25. The maximum atomic E-state index is 2.65. The second kappa shape index (κ2) is 6.20. The van der Waals surface area contributed by atoms with Gasteiger partial charge in [-0.1, -0.05) is 44.2 Å². The van der Waals surface area contributed by atoms with Crippen LogP contribution in [0.2, 0.25) is 0 Å². The van der Waals surface area contributed by atoms with Crippen LogP contribution in [0.3, 0.4) is 0 Å². The molecule has 1 aliphatic rings. The minimum Gasteiger partial charge on any atom is -0.303 e. The second-order valence-corrected chi connectivity index (χ2v) is 5.73. The summed E-state index contributed by atoms with van der Waals surface area (Å²) < 4.78 is 0. The summed E-state index contributed by atoms with van der Waals surface area (Å²) in [6, 6.07) is 11.0. The lowest BCUT2D eigenvalue weighted by molar-refractivity contribution is 0.198. The topological polar surface area (TPSA) is 3.24 Å². The van der Waals surface area contributed by atoms with Crippen LogP contribution < -0.4 is 0 Å². The molecular formula is C16H25N. The van der Waals surface area contributed by atoms with E-state index in [0.29, 0.717) is 0 Å². The Balaban J connectivity index is 1.89. The molecule has 1 heterocycles. The highest BCUT2D eigenvalue weighted by Gasteiger charge is 2.20. The molecule has 0 bridgehead atoms. The molecule has 1 aliphatic heterocycles. The molecule has 0 aliphatic carbocycles. The van der Waals surface area contributed by atoms with Crippen molar-refractivity contribution in [3.63, 3.8) is 0 Å². The van der Waals surface area contributed by atoms with E-state index in [9.17, 15) is 0 Å². The van der Waals surface area contributed by atoms with Crippen LogP contribution in [0.4, 0.5) is 0 Å². The van der Waals surface area contributed by atoms with Gasteiger partial charge in [-0.05, 0) is 49.8 Å². The molecule has 1 unspecified atom stereocenters. The number of hydrogen-bond donors (Lipinski definition) is 0. The van der Waals surface area contributed by atoms with E-state index in [2.05, 4.69) is 49.1 Å². The summed E-state index contributed by atoms with van der Waals surface area (Å²) in [5, 5.41) is 0. The molecule has 1 atom stereocenters. The predicted octanol–water partition coefficient (Wildman–Crippen LogP) is 3.91. The lowest BCUT2D eigenvalue weighted by Gasteiger charge is -2.33. The van der Waals surface area contributed by atoms with Crippen molar-refractivity contribution < 1.29 is 0 Å². The van der Waals surface area contributed by atoms with Crippen LogP contribution in [0.15, 0.2) is 30.3 Å². The summed E-state index contributed by atoms with van der Waals surface area (Å²) in [7, 11) is 0. The molecule has 94 valence electrons. The van der Waals surface area contributed by atoms with Gasteiger partial charge in [0.05, 0.1) is 0 Å². The highest BCUT2D eigenvalue weighted by Crippen LogP contribution is 2.26. The highest BCUT2D eigenvalue weighted by atomic mass is 15.1. The zero-order valence-electron chi connectivity index (χ0n) is 11.2. The van der Waals surface area contributed by atoms with Crippen molar-refractivity contribution in [2.75, 3.05) is 19.6 Å². The molecule has 0 N–H and O–H groups in total. The van der Waals surface area contributed by atoms with Gasteiger partial charge in [-0.25, -0.2) is 0 Å². The van der Waals surface area contributed by atoms with Gasteiger partial charge in [-0.15, -0.1) is 0 Å². The molecule has 0 amide bonds. The zero-order chi connectivity index (χ0) is 12.1. The Kier molecular flexibility index (Phi) is 4.61. The molecular weight excluding hydrogens is 206 g/mol. The summed E-state index contributed by atoms with van der Waals surface area (Å²) in [5.74, 6) is 1.59. The lowest BCUT2D eigenvalue weighted by Crippen LogP contribution is -2.35. The average molecular weight is 231 g/mol. The number of nitrogens with zero attached hydrogens (tertiary/aromatic N) is 1. The third kappa shape index (κ3) is 3.85. The van der Waals surface area contributed by atoms with Crippen LogP contribution in [-0.2, 0) is 0 Å². The fraction of sp³-hybridized carbons (Fsp3) is 0.625. The summed E-state index contributed by atoms with van der Waals surface area (Å²) in [4.78, 5) is 2.65. The zero-order valence-corrected chi connectivity index (χ0v) is 11.2. The summed E-state index contributed by atoms with van der Waals surface area (Å²) in [6.45, 7) is 8.48. The van der Waals surface area contributed by atoms with Gasteiger partial charge >= 0.3 is 0 Å². The molecule has 0 aromatic heterocycles. The van der Waals surface area contributed by atoms with Crippen LogP contribution in [0.1, 0.15) is 44.6 Å². The maximum absolute atomic E-state index is 2.65. The Hall–Kier alpha value is -0.820. The van der Waals surface area contributed by atoms with Gasteiger partial charge in [0, 0.05) is 6.54 Å². The van der Waals surface area contributed by atoms with E-state index in [1.165, 1.54) is 44.5 Å². The van der Waals surface area contributed by atoms with E-state index < -0.39 is 0 Å². The standard InChI is InChI=1S/C16H25N/c1-14(2)10-12-17-11-6-9-16(13-17)15-7-4-3-5-8-15/h3-5,7-8,14,16H,6,9-13H2,1-2H3. The van der Waals surface area contributed by atoms with Crippen LogP contribution in [-0.4, -0.2) is 24.5 Å². The molecule has 2 rings (SSSR count). The number of piperidine rings is 1. The van der Waals surface area contributed by atoms with Crippen LogP contribution >= 0.6 is 0 Å². The van der Waals surface area contributed by atoms with Crippen molar-refractivity contribution in [2.24, 2.45) is 5.92 Å². The maximum Gasteiger partial charge on any atom is 0.00503 e. The third-order valence-corrected chi connectivity index (χ3v) is 3.80. The van der Waals surface area contributed by atoms with Gasteiger partial charge in [-0.2, -0.15) is 0 Å². The van der Waals surface area contributed by atoms with E-state index in [1.807, 2.05) is 0 Å². The van der Waals surface area contributed by atoms with Crippen LogP contribution in [0.25, 0.3) is 0 Å². The van der Waals surface area contributed by atoms with Crippen molar-refractivity contribution in [2.45, 2.75) is 39.0 Å². The Morgan fingerprint density at radius 2 is 2.00 bits per heavy atom. The van der Waals surface area contributed by atoms with E-state index in [4.69, 9.17) is 0 Å². The lowest BCUT2D eigenvalue weighted by atomic mass is 9.90. The fourth-order valence-electron chi connectivity index (χ4n) is 2.70. The van der Waals surface area contributed by atoms with Gasteiger partial charge in [-0.3, -0.25) is 0 Å². The number of rotatable bonds is 4. The van der Waals surface area contributed by atoms with Crippen molar-refractivity contribution >= 4 is 0 Å². The summed E-state index contributed by atoms with van der Waals surface area (Å²) in [6.07, 6.45) is 4.06. The Morgan fingerprint density at radius 3 is 2.71 bits per heavy atom. The molecule has 0 radical (unpaired) electrons. The van der Waals surface area contributed by atoms with E-state index in [0.717, 1.165) is 11.8 Å². The smallest absolute Gasteiger partial charge is 0.00503 e. The molecule has 1 nitrogen and oxygen atoms in total. The van der Waals surface area contributed by atoms with E-state index >= 15 is 0 Å². The second-order valence-electron chi connectivity index (χ2n) is 5.73. The minimum atomic E-state index is 0.761. The van der Waals surface area contributed by atoms with Crippen molar-refractivity contribution in [1.29, 1.82) is 0 Å². The largest absolute Gasteiger partial charge is 0.303 e. The van der Waals surface area contributed by atoms with E-state index in [1.54, 1.807) is 0 Å². The van der Waals surface area contributed by atoms with E-state index in [-0.39, 0.29) is 0 Å². The van der Waals surface area contributed by atoms with Crippen molar-refractivity contribution in [3.05, 3.63) is 35.9 Å². The minimum absolute atomic E-state index is 0.761. The van der Waals surface area contributed by atoms with Crippen molar-refractivity contribution in [3.8, 4) is 0 Å². The van der Waals surface area contributed by atoms with Crippen LogP contribution in [0.5, 0.6) is 0 Å². The Labute approximate surface area is 106 Å². The average Bonchev–Trinajstić information content (AvgIpc) is 2.38. The normalized spacial score (nSPS) is 21.9. The van der Waals surface area contributed by atoms with Gasteiger partial charge in [0.2, 0.25) is 0 Å². The fourth-order valence-corrected chi connectivity index (χ4v) is 2.70. The van der Waals surface area contributed by atoms with Crippen molar-refractivity contribution in [1.82, 2.24) is 4.90 Å². The van der Waals surface area contributed by atoms with Crippen LogP contribution in [0, 0.1) is 5.92 Å². The molecule has 1 heteroatoms. The molecule has 1 aromatic rings. The first kappa shape index (κ1) is 12.6. The third-order valence-electron chi connectivity index (χ3n) is 3.80. The highest BCUT2D eigenvalue weighted by molar-refractivity contribution is 5.20. The summed E-state index contributed by atoms with van der Waals surface area (Å²) in [5.41, 5.74) is 1.53. The molecule has 1 saturated heterocycles. The van der Waals surface area contributed by atoms with Gasteiger partial charge in [0.1, 0.15) is 0 Å². The van der Waals surface area contributed by atoms with Gasteiger partial charge in [0.25, 0.3) is 0 Å². The first-order valence-corrected chi connectivity index (χ1v) is 7.03. The molecule has 17 heavy (non-hydrogen) atoms. The first-order valence-electron chi connectivity index (χ1n) is 7.03.